The Labute approximate surface area is 408 Å². The number of esters is 1. The zero-order valence-corrected chi connectivity index (χ0v) is 45.8. The molecule has 3 aromatic rings. The van der Waals surface area contributed by atoms with Crippen LogP contribution in [0.3, 0.4) is 0 Å². The number of carbonyl (C=O) groups is 2. The van der Waals surface area contributed by atoms with Crippen molar-refractivity contribution < 1.29 is 37.8 Å². The van der Waals surface area contributed by atoms with E-state index in [4.69, 9.17) is 23.1 Å². The number of halogens is 1. The highest BCUT2D eigenvalue weighted by Crippen LogP contribution is 2.41. The molecule has 358 valence electrons. The molecule has 0 aromatic heterocycles. The van der Waals surface area contributed by atoms with Crippen molar-refractivity contribution in [2.24, 2.45) is 11.8 Å². The highest BCUT2D eigenvalue weighted by Gasteiger charge is 2.51. The fourth-order valence-corrected chi connectivity index (χ4v) is 14.4. The van der Waals surface area contributed by atoms with E-state index < -0.39 is 47.0 Å². The van der Waals surface area contributed by atoms with E-state index >= 15 is 0 Å². The van der Waals surface area contributed by atoms with E-state index in [9.17, 15) is 14.7 Å². The van der Waals surface area contributed by atoms with Crippen LogP contribution in [0.15, 0.2) is 119 Å². The van der Waals surface area contributed by atoms with Crippen LogP contribution in [0.5, 0.6) is 5.75 Å². The summed E-state index contributed by atoms with van der Waals surface area (Å²) in [6.07, 6.45) is 2.38. The summed E-state index contributed by atoms with van der Waals surface area (Å²) in [7, 11) is -4.03. The van der Waals surface area contributed by atoms with Gasteiger partial charge in [0.2, 0.25) is 0 Å². The number of Topliss-reactive ketones (excluding diaryl/α,β-unsaturated/α-hetero) is 1. The first kappa shape index (κ1) is 56.1. The van der Waals surface area contributed by atoms with E-state index in [1.165, 1.54) is 0 Å². The van der Waals surface area contributed by atoms with Gasteiger partial charge in [0.05, 0.1) is 32.5 Å². The van der Waals surface area contributed by atoms with Crippen molar-refractivity contribution in [1.29, 1.82) is 0 Å². The average Bonchev–Trinajstić information content (AvgIpc) is 3.25. The maximum Gasteiger partial charge on any atom is 0.333 e. The van der Waals surface area contributed by atoms with Crippen LogP contribution in [0, 0.1) is 11.8 Å². The third kappa shape index (κ3) is 16.2. The SMILES string of the molecule is C=CCC/C=C(\C)C(=O)O[C@@H](CO[Si](c1ccccc1)(c1ccccc1)C(C)(C)C)C[C@@H](C)[C@H](O[Si](C)(C)C(C)(C)C)[C@@H](OCc1ccc(OC)cc1)C(=O)C[C@@H](O)C[C@H](C)/C(C)=C/I. The summed E-state index contributed by atoms with van der Waals surface area (Å²) in [6, 6.07) is 28.4. The molecule has 11 heteroatoms. The molecule has 0 radical (unpaired) electrons. The summed E-state index contributed by atoms with van der Waals surface area (Å²) in [5, 5.41) is 13.2. The highest BCUT2D eigenvalue weighted by atomic mass is 127. The fourth-order valence-electron chi connectivity index (χ4n) is 7.83. The number of ether oxygens (including phenoxy) is 3. The zero-order chi connectivity index (χ0) is 48.6. The second-order valence-electron chi connectivity index (χ2n) is 20.2. The Morgan fingerprint density at radius 1 is 0.831 bits per heavy atom. The monoisotopic (exact) mass is 1040 g/mol. The second kappa shape index (κ2) is 25.8. The molecule has 0 aliphatic carbocycles. The van der Waals surface area contributed by atoms with Crippen LogP contribution in [0.4, 0.5) is 0 Å². The average molecular weight is 1040 g/mol. The molecule has 65 heavy (non-hydrogen) atoms. The van der Waals surface area contributed by atoms with E-state index in [1.54, 1.807) is 14.0 Å². The van der Waals surface area contributed by atoms with Gasteiger partial charge in [-0.3, -0.25) is 4.79 Å². The highest BCUT2D eigenvalue weighted by molar-refractivity contribution is 14.1. The molecule has 0 saturated carbocycles. The maximum atomic E-state index is 14.8. The molecular weight excluding hydrogens is 960 g/mol. The smallest absolute Gasteiger partial charge is 0.333 e. The quantitative estimate of drug-likeness (QED) is 0.0212. The summed E-state index contributed by atoms with van der Waals surface area (Å²) in [5.74, 6) is -0.223. The third-order valence-electron chi connectivity index (χ3n) is 13.0. The molecular formula is C54H79IO8Si2. The molecule has 0 fully saturated rings. The summed E-state index contributed by atoms with van der Waals surface area (Å²) < 4.78 is 35.5. The van der Waals surface area contributed by atoms with Crippen LogP contribution in [0.25, 0.3) is 0 Å². The molecule has 3 rings (SSSR count). The van der Waals surface area contributed by atoms with Crippen LogP contribution in [-0.4, -0.2) is 71.6 Å². The fraction of sp³-hybridized carbons (Fsp3) is 0.519. The summed E-state index contributed by atoms with van der Waals surface area (Å²) in [5.41, 5.74) is 2.52. The lowest BCUT2D eigenvalue weighted by molar-refractivity contribution is -0.151. The summed E-state index contributed by atoms with van der Waals surface area (Å²) >= 11 is 2.22. The standard InChI is InChI=1S/C54H79IO8Si2/c1-15-16-19-24-39(2)52(58)62-46(38-61-65(54(9,10)11,47-25-20-17-21-26-47)48-27-22-18-23-28-48)34-41(4)50(63-64(13,14)53(6,7)8)51(60-37-43-29-31-45(59-12)32-30-43)49(57)35-44(56)33-40(3)42(5)36-55/h15,17-18,20-32,36,40-41,44,46,50-51,56H,1,16,19,33-35,37-38H2,2-14H3/b39-24+,42-36+/t40-,41+,44-,46+,50-,51-/m0/s1. The van der Waals surface area contributed by atoms with Gasteiger partial charge in [0.25, 0.3) is 8.32 Å². The number of ketones is 1. The normalized spacial score (nSPS) is 15.9. The third-order valence-corrected chi connectivity index (χ3v) is 23.4. The van der Waals surface area contributed by atoms with Crippen LogP contribution in [0.1, 0.15) is 107 Å². The lowest BCUT2D eigenvalue weighted by atomic mass is 9.89. The largest absolute Gasteiger partial charge is 0.497 e. The minimum absolute atomic E-state index is 0.0897. The molecule has 0 aliphatic heterocycles. The number of hydrogen-bond donors (Lipinski definition) is 1. The van der Waals surface area contributed by atoms with Crippen LogP contribution < -0.4 is 15.1 Å². The Bertz CT molecular complexity index is 1950. The Morgan fingerprint density at radius 2 is 1.40 bits per heavy atom. The van der Waals surface area contributed by atoms with Gasteiger partial charge in [-0.15, -0.1) is 6.58 Å². The van der Waals surface area contributed by atoms with Crippen molar-refractivity contribution in [2.45, 2.75) is 156 Å². The van der Waals surface area contributed by atoms with Crippen molar-refractivity contribution in [3.05, 3.63) is 124 Å². The Hall–Kier alpha value is -3.18. The number of aliphatic hydroxyl groups excluding tert-OH is 1. The summed E-state index contributed by atoms with van der Waals surface area (Å²) in [6.45, 7) is 29.6. The number of carbonyl (C=O) groups excluding carboxylic acids is 2. The lowest BCUT2D eigenvalue weighted by Gasteiger charge is -2.44. The van der Waals surface area contributed by atoms with E-state index in [0.29, 0.717) is 30.6 Å². The van der Waals surface area contributed by atoms with Gasteiger partial charge >= 0.3 is 5.97 Å². The molecule has 0 saturated heterocycles. The number of unbranched alkanes of at least 4 members (excludes halogenated alkanes) is 1. The molecule has 6 atom stereocenters. The predicted molar refractivity (Wildman–Crippen MR) is 281 cm³/mol. The molecule has 0 spiro atoms. The molecule has 0 heterocycles. The molecule has 0 bridgehead atoms. The number of allylic oxidation sites excluding steroid dienone is 3. The van der Waals surface area contributed by atoms with Gasteiger partial charge in [0.1, 0.15) is 18.0 Å². The first-order valence-electron chi connectivity index (χ1n) is 23.1. The maximum absolute atomic E-state index is 14.8. The Balaban J connectivity index is 2.20. The number of benzene rings is 3. The topological polar surface area (TPSA) is 101 Å². The van der Waals surface area contributed by atoms with Crippen LogP contribution in [-0.2, 0) is 34.5 Å². The predicted octanol–water partition coefficient (Wildman–Crippen LogP) is 12.1. The van der Waals surface area contributed by atoms with Crippen LogP contribution in [0.2, 0.25) is 23.2 Å². The molecule has 8 nitrogen and oxygen atoms in total. The minimum atomic E-state index is -3.06. The molecule has 3 aromatic carbocycles. The molecule has 0 unspecified atom stereocenters. The van der Waals surface area contributed by atoms with Crippen molar-refractivity contribution in [1.82, 2.24) is 0 Å². The zero-order valence-electron chi connectivity index (χ0n) is 41.6. The van der Waals surface area contributed by atoms with E-state index in [2.05, 4.69) is 146 Å². The van der Waals surface area contributed by atoms with Gasteiger partial charge in [-0.1, -0.05) is 169 Å². The van der Waals surface area contributed by atoms with E-state index in [1.807, 2.05) is 59.6 Å². The van der Waals surface area contributed by atoms with Gasteiger partial charge in [-0.2, -0.15) is 0 Å². The van der Waals surface area contributed by atoms with Gasteiger partial charge in [-0.25, -0.2) is 4.79 Å². The minimum Gasteiger partial charge on any atom is -0.497 e. The molecule has 0 aliphatic rings. The van der Waals surface area contributed by atoms with Crippen molar-refractivity contribution in [3.63, 3.8) is 0 Å². The van der Waals surface area contributed by atoms with Gasteiger partial charge < -0.3 is 28.2 Å². The van der Waals surface area contributed by atoms with Gasteiger partial charge in [0, 0.05) is 12.0 Å². The molecule has 1 N–H and O–H groups in total. The number of methoxy groups -OCH3 is 1. The van der Waals surface area contributed by atoms with Gasteiger partial charge in [0.15, 0.2) is 14.1 Å². The van der Waals surface area contributed by atoms with E-state index in [-0.39, 0.29) is 47.3 Å². The number of hydrogen-bond acceptors (Lipinski definition) is 8. The van der Waals surface area contributed by atoms with Crippen molar-refractivity contribution in [3.8, 4) is 5.75 Å². The summed E-state index contributed by atoms with van der Waals surface area (Å²) in [4.78, 5) is 28.9. The first-order chi connectivity index (χ1) is 30.5. The second-order valence-corrected chi connectivity index (χ2v) is 29.9. The Morgan fingerprint density at radius 3 is 1.89 bits per heavy atom. The van der Waals surface area contributed by atoms with Crippen molar-refractivity contribution in [2.75, 3.05) is 13.7 Å². The number of rotatable bonds is 26. The first-order valence-corrected chi connectivity index (χ1v) is 29.2. The lowest BCUT2D eigenvalue weighted by Crippen LogP contribution is -2.67. The number of aliphatic hydroxyl groups is 1. The Kier molecular flexibility index (Phi) is 22.3. The van der Waals surface area contributed by atoms with Crippen LogP contribution >= 0.6 is 22.6 Å². The van der Waals surface area contributed by atoms with Gasteiger partial charge in [-0.05, 0) is 107 Å². The van der Waals surface area contributed by atoms with Crippen molar-refractivity contribution >= 4 is 61.4 Å². The van der Waals surface area contributed by atoms with E-state index in [0.717, 1.165) is 27.9 Å². The molecule has 0 amide bonds.